The highest BCUT2D eigenvalue weighted by molar-refractivity contribution is 5.19. The molecule has 0 bridgehead atoms. The summed E-state index contributed by atoms with van der Waals surface area (Å²) in [5.41, 5.74) is 1.05. The van der Waals surface area contributed by atoms with Gasteiger partial charge in [-0.25, -0.2) is 4.39 Å². The van der Waals surface area contributed by atoms with E-state index in [0.29, 0.717) is 6.10 Å². The topological polar surface area (TPSA) is 21.3 Å². The van der Waals surface area contributed by atoms with Crippen LogP contribution in [0.4, 0.5) is 4.39 Å². The summed E-state index contributed by atoms with van der Waals surface area (Å²) in [6, 6.07) is 6.65. The molecular weight excluding hydrogens is 241 g/mol. The van der Waals surface area contributed by atoms with Gasteiger partial charge in [0.1, 0.15) is 5.82 Å². The number of likely N-dealkylation sites (N-methyl/N-ethyl adjacent to an activating group) is 1. The van der Waals surface area contributed by atoms with Crippen LogP contribution in [0.2, 0.25) is 0 Å². The first kappa shape index (κ1) is 14.5. The van der Waals surface area contributed by atoms with Gasteiger partial charge in [-0.3, -0.25) is 0 Å². The van der Waals surface area contributed by atoms with E-state index in [9.17, 15) is 4.39 Å². The van der Waals surface area contributed by atoms with Crippen LogP contribution in [-0.2, 0) is 4.74 Å². The van der Waals surface area contributed by atoms with Crippen LogP contribution in [0, 0.1) is 11.7 Å². The van der Waals surface area contributed by atoms with Crippen molar-refractivity contribution in [3.05, 3.63) is 35.6 Å². The van der Waals surface area contributed by atoms with Crippen molar-refractivity contribution in [1.29, 1.82) is 0 Å². The molecule has 1 fully saturated rings. The second kappa shape index (κ2) is 7.01. The Bertz CT molecular complexity index is 371. The van der Waals surface area contributed by atoms with Gasteiger partial charge < -0.3 is 10.1 Å². The maximum absolute atomic E-state index is 13.0. The maximum Gasteiger partial charge on any atom is 0.123 e. The van der Waals surface area contributed by atoms with Crippen molar-refractivity contribution in [2.45, 2.75) is 44.8 Å². The lowest BCUT2D eigenvalue weighted by Gasteiger charge is -2.30. The zero-order valence-electron chi connectivity index (χ0n) is 11.9. The van der Waals surface area contributed by atoms with Crippen molar-refractivity contribution in [3.8, 4) is 0 Å². The van der Waals surface area contributed by atoms with Gasteiger partial charge in [0.25, 0.3) is 0 Å². The number of benzene rings is 1. The maximum atomic E-state index is 13.0. The average molecular weight is 265 g/mol. The number of hydrogen-bond acceptors (Lipinski definition) is 2. The van der Waals surface area contributed by atoms with E-state index in [1.807, 2.05) is 19.2 Å². The molecule has 1 saturated carbocycles. The third-order valence-corrected chi connectivity index (χ3v) is 3.95. The van der Waals surface area contributed by atoms with E-state index in [4.69, 9.17) is 4.74 Å². The Hall–Kier alpha value is -0.930. The molecule has 0 aliphatic heterocycles. The number of ether oxygens (including phenoxy) is 1. The van der Waals surface area contributed by atoms with Gasteiger partial charge >= 0.3 is 0 Å². The molecule has 1 aliphatic carbocycles. The standard InChI is InChI=1S/C16H24FNO/c1-12-3-9-15(10-4-12)19-16(11-18-2)13-5-7-14(17)8-6-13/h5-8,12,15-16,18H,3-4,9-11H2,1-2H3. The Kier molecular flexibility index (Phi) is 5.34. The molecule has 19 heavy (non-hydrogen) atoms. The Morgan fingerprint density at radius 2 is 1.84 bits per heavy atom. The Balaban J connectivity index is 1.97. The molecule has 2 rings (SSSR count). The summed E-state index contributed by atoms with van der Waals surface area (Å²) in [7, 11) is 1.92. The van der Waals surface area contributed by atoms with Crippen LogP contribution in [0.1, 0.15) is 44.3 Å². The highest BCUT2D eigenvalue weighted by atomic mass is 19.1. The van der Waals surface area contributed by atoms with E-state index in [1.165, 1.54) is 25.0 Å². The van der Waals surface area contributed by atoms with Crippen molar-refractivity contribution in [3.63, 3.8) is 0 Å². The molecule has 0 aromatic heterocycles. The third-order valence-electron chi connectivity index (χ3n) is 3.95. The molecule has 106 valence electrons. The summed E-state index contributed by atoms with van der Waals surface area (Å²) in [6.07, 6.45) is 5.15. The highest BCUT2D eigenvalue weighted by Crippen LogP contribution is 2.29. The quantitative estimate of drug-likeness (QED) is 0.877. The van der Waals surface area contributed by atoms with Gasteiger partial charge in [0.15, 0.2) is 0 Å². The lowest BCUT2D eigenvalue weighted by atomic mass is 9.89. The van der Waals surface area contributed by atoms with Crippen molar-refractivity contribution in [1.82, 2.24) is 5.32 Å². The molecule has 3 heteroatoms. The molecule has 0 spiro atoms. The van der Waals surface area contributed by atoms with Crippen LogP contribution in [0.15, 0.2) is 24.3 Å². The fraction of sp³-hybridized carbons (Fsp3) is 0.625. The zero-order valence-corrected chi connectivity index (χ0v) is 11.9. The molecule has 0 heterocycles. The van der Waals surface area contributed by atoms with Gasteiger partial charge in [-0.1, -0.05) is 19.1 Å². The zero-order chi connectivity index (χ0) is 13.7. The summed E-state index contributed by atoms with van der Waals surface area (Å²) < 4.78 is 19.2. The summed E-state index contributed by atoms with van der Waals surface area (Å²) >= 11 is 0. The number of rotatable bonds is 5. The fourth-order valence-corrected chi connectivity index (χ4v) is 2.71. The summed E-state index contributed by atoms with van der Waals surface area (Å²) in [5, 5.41) is 3.16. The second-order valence-corrected chi connectivity index (χ2v) is 5.62. The van der Waals surface area contributed by atoms with Gasteiger partial charge in [-0.15, -0.1) is 0 Å². The highest BCUT2D eigenvalue weighted by Gasteiger charge is 2.22. The number of hydrogen-bond donors (Lipinski definition) is 1. The minimum Gasteiger partial charge on any atom is -0.369 e. The van der Waals surface area contributed by atoms with Gasteiger partial charge in [-0.05, 0) is 56.3 Å². The SMILES string of the molecule is CNCC(OC1CCC(C)CC1)c1ccc(F)cc1. The summed E-state index contributed by atoms with van der Waals surface area (Å²) in [6.45, 7) is 3.07. The van der Waals surface area contributed by atoms with Crippen LogP contribution < -0.4 is 5.32 Å². The molecule has 0 saturated heterocycles. The van der Waals surface area contributed by atoms with E-state index < -0.39 is 0 Å². The molecule has 2 nitrogen and oxygen atoms in total. The van der Waals surface area contributed by atoms with E-state index >= 15 is 0 Å². The third kappa shape index (κ3) is 4.29. The van der Waals surface area contributed by atoms with E-state index in [0.717, 1.165) is 30.9 Å². The monoisotopic (exact) mass is 265 g/mol. The largest absolute Gasteiger partial charge is 0.369 e. The second-order valence-electron chi connectivity index (χ2n) is 5.62. The van der Waals surface area contributed by atoms with Crippen LogP contribution in [-0.4, -0.2) is 19.7 Å². The first-order valence-electron chi connectivity index (χ1n) is 7.24. The summed E-state index contributed by atoms with van der Waals surface area (Å²) in [4.78, 5) is 0. The molecule has 1 atom stereocenters. The molecular formula is C16H24FNO. The number of halogens is 1. The minimum absolute atomic E-state index is 0.0176. The lowest BCUT2D eigenvalue weighted by molar-refractivity contribution is -0.0356. The van der Waals surface area contributed by atoms with Gasteiger partial charge in [0.2, 0.25) is 0 Å². The first-order valence-corrected chi connectivity index (χ1v) is 7.24. The molecule has 0 radical (unpaired) electrons. The van der Waals surface area contributed by atoms with Crippen LogP contribution >= 0.6 is 0 Å². The Labute approximate surface area is 115 Å². The smallest absolute Gasteiger partial charge is 0.123 e. The number of nitrogens with one attached hydrogen (secondary N) is 1. The average Bonchev–Trinajstić information content (AvgIpc) is 2.42. The van der Waals surface area contributed by atoms with Gasteiger partial charge in [0.05, 0.1) is 12.2 Å². The van der Waals surface area contributed by atoms with Crippen LogP contribution in [0.25, 0.3) is 0 Å². The van der Waals surface area contributed by atoms with Crippen LogP contribution in [0.5, 0.6) is 0 Å². The minimum atomic E-state index is -0.196. The predicted molar refractivity (Wildman–Crippen MR) is 75.6 cm³/mol. The van der Waals surface area contributed by atoms with Crippen molar-refractivity contribution < 1.29 is 9.13 Å². The van der Waals surface area contributed by atoms with Gasteiger partial charge in [0, 0.05) is 6.54 Å². The molecule has 1 unspecified atom stereocenters. The van der Waals surface area contributed by atoms with Crippen molar-refractivity contribution in [2.24, 2.45) is 5.92 Å². The normalized spacial score (nSPS) is 25.2. The first-order chi connectivity index (χ1) is 9.19. The predicted octanol–water partition coefficient (Wildman–Crippen LogP) is 3.68. The molecule has 1 aromatic rings. The van der Waals surface area contributed by atoms with Crippen LogP contribution in [0.3, 0.4) is 0 Å². The lowest BCUT2D eigenvalue weighted by Crippen LogP contribution is -2.27. The van der Waals surface area contributed by atoms with Gasteiger partial charge in [-0.2, -0.15) is 0 Å². The van der Waals surface area contributed by atoms with E-state index in [1.54, 1.807) is 0 Å². The summed E-state index contributed by atoms with van der Waals surface area (Å²) in [5.74, 6) is 0.631. The van der Waals surface area contributed by atoms with Crippen molar-refractivity contribution in [2.75, 3.05) is 13.6 Å². The molecule has 1 aromatic carbocycles. The Morgan fingerprint density at radius 1 is 1.21 bits per heavy atom. The fourth-order valence-electron chi connectivity index (χ4n) is 2.71. The molecule has 1 N–H and O–H groups in total. The van der Waals surface area contributed by atoms with E-state index in [-0.39, 0.29) is 11.9 Å². The molecule has 1 aliphatic rings. The van der Waals surface area contributed by atoms with Crippen molar-refractivity contribution >= 4 is 0 Å². The van der Waals surface area contributed by atoms with E-state index in [2.05, 4.69) is 12.2 Å². The molecule has 0 amide bonds. The Morgan fingerprint density at radius 3 is 2.42 bits per heavy atom.